The number of nitrogens with zero attached hydrogens (tertiary/aromatic N) is 2. The SMILES string of the molecule is CCC(=O)N[C@H]1CC[C@@H](NC(=O)c2c(C)[nH]c3c(-c4cc(C)ccc4OCC4CC4)ncnc23)C[C@H]1C. The smallest absolute Gasteiger partial charge is 0.255 e. The van der Waals surface area contributed by atoms with Crippen molar-refractivity contribution in [1.29, 1.82) is 0 Å². The van der Waals surface area contributed by atoms with Gasteiger partial charge in [0.2, 0.25) is 5.91 Å². The zero-order valence-corrected chi connectivity index (χ0v) is 22.2. The molecular weight excluding hydrogens is 466 g/mol. The first-order chi connectivity index (χ1) is 17.8. The highest BCUT2D eigenvalue weighted by Gasteiger charge is 2.31. The molecule has 1 aromatic carbocycles. The first kappa shape index (κ1) is 25.2. The topological polar surface area (TPSA) is 109 Å². The lowest BCUT2D eigenvalue weighted by atomic mass is 9.82. The Hall–Kier alpha value is -3.42. The lowest BCUT2D eigenvalue weighted by molar-refractivity contribution is -0.122. The minimum absolute atomic E-state index is 0.0575. The fourth-order valence-corrected chi connectivity index (χ4v) is 5.36. The molecule has 2 saturated carbocycles. The molecule has 0 spiro atoms. The molecule has 2 heterocycles. The highest BCUT2D eigenvalue weighted by atomic mass is 16.5. The van der Waals surface area contributed by atoms with Crippen molar-refractivity contribution >= 4 is 22.8 Å². The van der Waals surface area contributed by atoms with E-state index in [-0.39, 0.29) is 23.9 Å². The number of ether oxygens (including phenoxy) is 1. The lowest BCUT2D eigenvalue weighted by Gasteiger charge is -2.35. The van der Waals surface area contributed by atoms with E-state index in [1.807, 2.05) is 26.0 Å². The van der Waals surface area contributed by atoms with Crippen LogP contribution in [0.1, 0.15) is 74.0 Å². The summed E-state index contributed by atoms with van der Waals surface area (Å²) in [5, 5.41) is 6.35. The second-order valence-corrected chi connectivity index (χ2v) is 10.8. The maximum atomic E-state index is 13.5. The molecule has 0 aliphatic heterocycles. The van der Waals surface area contributed by atoms with Gasteiger partial charge in [-0.05, 0) is 69.9 Å². The minimum Gasteiger partial charge on any atom is -0.493 e. The molecule has 2 fully saturated rings. The molecule has 5 rings (SSSR count). The van der Waals surface area contributed by atoms with Crippen LogP contribution in [0.15, 0.2) is 24.5 Å². The number of amides is 2. The monoisotopic (exact) mass is 503 g/mol. The quantitative estimate of drug-likeness (QED) is 0.407. The predicted octanol–water partition coefficient (Wildman–Crippen LogP) is 4.84. The molecule has 3 N–H and O–H groups in total. The number of aromatic nitrogens is 3. The van der Waals surface area contributed by atoms with Gasteiger partial charge in [-0.3, -0.25) is 9.59 Å². The summed E-state index contributed by atoms with van der Waals surface area (Å²) >= 11 is 0. The van der Waals surface area contributed by atoms with Crippen molar-refractivity contribution in [2.24, 2.45) is 11.8 Å². The van der Waals surface area contributed by atoms with Crippen LogP contribution < -0.4 is 15.4 Å². The highest BCUT2D eigenvalue weighted by molar-refractivity contribution is 6.09. The van der Waals surface area contributed by atoms with Gasteiger partial charge < -0.3 is 20.4 Å². The maximum Gasteiger partial charge on any atom is 0.255 e. The molecule has 196 valence electrons. The number of carbonyl (C=O) groups is 2. The Morgan fingerprint density at radius 3 is 2.65 bits per heavy atom. The molecular formula is C29H37N5O3. The number of nitrogens with one attached hydrogen (secondary N) is 3. The lowest BCUT2D eigenvalue weighted by Crippen LogP contribution is -2.48. The van der Waals surface area contributed by atoms with Crippen LogP contribution in [0.3, 0.4) is 0 Å². The van der Waals surface area contributed by atoms with E-state index >= 15 is 0 Å². The summed E-state index contributed by atoms with van der Waals surface area (Å²) in [5.74, 6) is 1.69. The largest absolute Gasteiger partial charge is 0.493 e. The molecule has 0 unspecified atom stereocenters. The van der Waals surface area contributed by atoms with Gasteiger partial charge in [0.1, 0.15) is 23.3 Å². The van der Waals surface area contributed by atoms with Gasteiger partial charge in [0.15, 0.2) is 0 Å². The Morgan fingerprint density at radius 2 is 1.92 bits per heavy atom. The summed E-state index contributed by atoms with van der Waals surface area (Å²) in [4.78, 5) is 37.8. The van der Waals surface area contributed by atoms with Crippen molar-refractivity contribution in [3.05, 3.63) is 41.3 Å². The molecule has 37 heavy (non-hydrogen) atoms. The third kappa shape index (κ3) is 5.48. The van der Waals surface area contributed by atoms with Crippen LogP contribution in [0, 0.1) is 25.7 Å². The van der Waals surface area contributed by atoms with Crippen LogP contribution in [0.5, 0.6) is 5.75 Å². The number of benzene rings is 1. The van der Waals surface area contributed by atoms with Crippen molar-refractivity contribution < 1.29 is 14.3 Å². The number of carbonyl (C=O) groups excluding carboxylic acids is 2. The fraction of sp³-hybridized carbons (Fsp3) is 0.517. The predicted molar refractivity (Wildman–Crippen MR) is 144 cm³/mol. The zero-order chi connectivity index (χ0) is 26.1. The molecule has 2 aromatic heterocycles. The number of rotatable bonds is 8. The van der Waals surface area contributed by atoms with E-state index in [0.29, 0.717) is 35.9 Å². The summed E-state index contributed by atoms with van der Waals surface area (Å²) in [6.45, 7) is 8.67. The standard InChI is InChI=1S/C29H37N5O3/c1-5-24(35)34-22-10-9-20(13-17(22)3)33-29(36)25-18(4)32-28-26(30-15-31-27(25)28)21-12-16(2)6-11-23(21)37-14-19-7-8-19/h6,11-12,15,17,19-20,22,32H,5,7-10,13-14H2,1-4H3,(H,33,36)(H,34,35)/t17-,20-,22+/m1/s1. The van der Waals surface area contributed by atoms with Gasteiger partial charge in [-0.2, -0.15) is 0 Å². The van der Waals surface area contributed by atoms with Crippen LogP contribution in [0.4, 0.5) is 0 Å². The van der Waals surface area contributed by atoms with E-state index in [4.69, 9.17) is 4.74 Å². The molecule has 8 nitrogen and oxygen atoms in total. The van der Waals surface area contributed by atoms with E-state index in [2.05, 4.69) is 45.5 Å². The molecule has 2 amide bonds. The van der Waals surface area contributed by atoms with Gasteiger partial charge in [-0.15, -0.1) is 0 Å². The number of hydrogen-bond acceptors (Lipinski definition) is 5. The summed E-state index contributed by atoms with van der Waals surface area (Å²) in [7, 11) is 0. The molecule has 3 atom stereocenters. The molecule has 8 heteroatoms. The van der Waals surface area contributed by atoms with E-state index in [0.717, 1.165) is 53.0 Å². The average molecular weight is 504 g/mol. The van der Waals surface area contributed by atoms with Gasteiger partial charge in [-0.25, -0.2) is 9.97 Å². The van der Waals surface area contributed by atoms with E-state index in [1.54, 1.807) is 0 Å². The summed E-state index contributed by atoms with van der Waals surface area (Å²) in [6, 6.07) is 6.35. The number of H-pyrrole nitrogens is 1. The van der Waals surface area contributed by atoms with Gasteiger partial charge in [0, 0.05) is 29.8 Å². The fourth-order valence-electron chi connectivity index (χ4n) is 5.36. The van der Waals surface area contributed by atoms with E-state index in [9.17, 15) is 9.59 Å². The van der Waals surface area contributed by atoms with Crippen molar-refractivity contribution in [3.8, 4) is 17.0 Å². The molecule has 3 aromatic rings. The van der Waals surface area contributed by atoms with Crippen LogP contribution in [0.2, 0.25) is 0 Å². The molecule has 2 aliphatic carbocycles. The Morgan fingerprint density at radius 1 is 1.11 bits per heavy atom. The van der Waals surface area contributed by atoms with Crippen LogP contribution >= 0.6 is 0 Å². The molecule has 2 aliphatic rings. The maximum absolute atomic E-state index is 13.5. The second-order valence-electron chi connectivity index (χ2n) is 10.8. The van der Waals surface area contributed by atoms with E-state index in [1.165, 1.54) is 19.2 Å². The van der Waals surface area contributed by atoms with Gasteiger partial charge >= 0.3 is 0 Å². The van der Waals surface area contributed by atoms with Gasteiger partial charge in [0.25, 0.3) is 5.91 Å². The van der Waals surface area contributed by atoms with Crippen molar-refractivity contribution in [2.45, 2.75) is 78.3 Å². The summed E-state index contributed by atoms with van der Waals surface area (Å²) < 4.78 is 6.17. The molecule has 0 radical (unpaired) electrons. The van der Waals surface area contributed by atoms with Crippen molar-refractivity contribution in [3.63, 3.8) is 0 Å². The molecule has 0 saturated heterocycles. The number of fused-ring (bicyclic) bond motifs is 1. The first-order valence-electron chi connectivity index (χ1n) is 13.5. The Balaban J connectivity index is 1.38. The Labute approximate surface area is 218 Å². The number of aryl methyl sites for hydroxylation is 2. The van der Waals surface area contributed by atoms with Gasteiger partial charge in [0.05, 0.1) is 17.7 Å². The zero-order valence-electron chi connectivity index (χ0n) is 22.2. The number of hydrogen-bond donors (Lipinski definition) is 3. The Kier molecular flexibility index (Phi) is 7.17. The highest BCUT2D eigenvalue weighted by Crippen LogP contribution is 2.37. The molecule has 0 bridgehead atoms. The van der Waals surface area contributed by atoms with Crippen LogP contribution in [-0.2, 0) is 4.79 Å². The number of aromatic amines is 1. The third-order valence-corrected chi connectivity index (χ3v) is 7.73. The first-order valence-corrected chi connectivity index (χ1v) is 13.5. The average Bonchev–Trinajstić information content (AvgIpc) is 3.64. The van der Waals surface area contributed by atoms with Crippen molar-refractivity contribution in [2.75, 3.05) is 6.61 Å². The Bertz CT molecular complexity index is 1310. The van der Waals surface area contributed by atoms with Crippen LogP contribution in [0.25, 0.3) is 22.3 Å². The van der Waals surface area contributed by atoms with Crippen LogP contribution in [-0.4, -0.2) is 45.5 Å². The van der Waals surface area contributed by atoms with E-state index < -0.39 is 0 Å². The summed E-state index contributed by atoms with van der Waals surface area (Å²) in [5.41, 5.74) is 5.43. The summed E-state index contributed by atoms with van der Waals surface area (Å²) in [6.07, 6.45) is 6.97. The minimum atomic E-state index is -0.129. The second kappa shape index (κ2) is 10.5. The third-order valence-electron chi connectivity index (χ3n) is 7.73. The van der Waals surface area contributed by atoms with Crippen molar-refractivity contribution in [1.82, 2.24) is 25.6 Å². The normalized spacial score (nSPS) is 21.6. The van der Waals surface area contributed by atoms with Gasteiger partial charge in [-0.1, -0.05) is 25.5 Å².